The van der Waals surface area contributed by atoms with E-state index in [4.69, 9.17) is 9.47 Å². The minimum atomic E-state index is -0.402. The molecule has 0 spiro atoms. The van der Waals surface area contributed by atoms with E-state index in [9.17, 15) is 9.59 Å². The van der Waals surface area contributed by atoms with Gasteiger partial charge in [0.1, 0.15) is 5.75 Å². The third kappa shape index (κ3) is 6.42. The van der Waals surface area contributed by atoms with Gasteiger partial charge in [-0.3, -0.25) is 4.79 Å². The summed E-state index contributed by atoms with van der Waals surface area (Å²) in [4.78, 5) is 22.4. The highest BCUT2D eigenvalue weighted by atomic mass is 16.5. The average molecular weight is 266 g/mol. The van der Waals surface area contributed by atoms with E-state index in [-0.39, 0.29) is 6.03 Å². The lowest BCUT2D eigenvalue weighted by Crippen LogP contribution is -2.30. The molecule has 2 N–H and O–H groups in total. The Labute approximate surface area is 112 Å². The predicted molar refractivity (Wildman–Crippen MR) is 71.3 cm³/mol. The van der Waals surface area contributed by atoms with Crippen molar-refractivity contribution in [1.29, 1.82) is 0 Å². The molecule has 1 rings (SSSR count). The Morgan fingerprint density at radius 1 is 1.32 bits per heavy atom. The highest BCUT2D eigenvalue weighted by molar-refractivity contribution is 5.89. The van der Waals surface area contributed by atoms with Crippen LogP contribution in [-0.2, 0) is 9.53 Å². The van der Waals surface area contributed by atoms with Crippen molar-refractivity contribution in [3.8, 4) is 5.75 Å². The lowest BCUT2D eigenvalue weighted by atomic mass is 10.3. The number of esters is 1. The quantitative estimate of drug-likeness (QED) is 0.467. The molecule has 0 heterocycles. The molecule has 1 aromatic rings. The molecule has 0 aromatic heterocycles. The lowest BCUT2D eigenvalue weighted by Gasteiger charge is -2.08. The van der Waals surface area contributed by atoms with Crippen molar-refractivity contribution in [2.24, 2.45) is 0 Å². The minimum absolute atomic E-state index is 0.309. The summed E-state index contributed by atoms with van der Waals surface area (Å²) in [6.07, 6.45) is 0.747. The van der Waals surface area contributed by atoms with Crippen molar-refractivity contribution in [3.05, 3.63) is 24.3 Å². The molecule has 0 saturated carbocycles. The molecule has 0 bridgehead atoms. The second-order valence-electron chi connectivity index (χ2n) is 3.85. The summed E-state index contributed by atoms with van der Waals surface area (Å²) < 4.78 is 9.80. The van der Waals surface area contributed by atoms with Gasteiger partial charge >= 0.3 is 12.0 Å². The Hall–Kier alpha value is -2.08. The molecule has 104 valence electrons. The van der Waals surface area contributed by atoms with Gasteiger partial charge in [-0.2, -0.15) is 0 Å². The van der Waals surface area contributed by atoms with Crippen LogP contribution in [0, 0.1) is 0 Å². The molecule has 6 heteroatoms. The zero-order valence-corrected chi connectivity index (χ0v) is 11.1. The normalized spacial score (nSPS) is 9.79. The molecular weight excluding hydrogens is 248 g/mol. The van der Waals surface area contributed by atoms with Gasteiger partial charge in [0.15, 0.2) is 0 Å². The highest BCUT2D eigenvalue weighted by Gasteiger charge is 2.03. The SMILES string of the molecule is COCCCNC(=O)Nc1cccc(OC(C)=O)c1. The fourth-order valence-electron chi connectivity index (χ4n) is 1.40. The van der Waals surface area contributed by atoms with Crippen LogP contribution in [0.3, 0.4) is 0 Å². The molecule has 6 nitrogen and oxygen atoms in total. The number of carbonyl (C=O) groups excluding carboxylic acids is 2. The molecule has 19 heavy (non-hydrogen) atoms. The first kappa shape index (κ1) is 15.0. The largest absolute Gasteiger partial charge is 0.427 e. The number of anilines is 1. The summed E-state index contributed by atoms with van der Waals surface area (Å²) in [5.41, 5.74) is 0.558. The van der Waals surface area contributed by atoms with Crippen molar-refractivity contribution in [2.45, 2.75) is 13.3 Å². The van der Waals surface area contributed by atoms with Crippen LogP contribution in [0.15, 0.2) is 24.3 Å². The third-order valence-corrected chi connectivity index (χ3v) is 2.16. The van der Waals surface area contributed by atoms with Gasteiger partial charge in [0.25, 0.3) is 0 Å². The maximum absolute atomic E-state index is 11.5. The Kier molecular flexibility index (Phi) is 6.38. The average Bonchev–Trinajstić information content (AvgIpc) is 2.34. The third-order valence-electron chi connectivity index (χ3n) is 2.16. The zero-order valence-electron chi connectivity index (χ0n) is 11.1. The number of urea groups is 1. The second kappa shape index (κ2) is 8.10. The minimum Gasteiger partial charge on any atom is -0.427 e. The summed E-state index contributed by atoms with van der Waals surface area (Å²) in [5, 5.41) is 5.34. The lowest BCUT2D eigenvalue weighted by molar-refractivity contribution is -0.131. The van der Waals surface area contributed by atoms with E-state index >= 15 is 0 Å². The van der Waals surface area contributed by atoms with Crippen molar-refractivity contribution in [2.75, 3.05) is 25.6 Å². The number of nitrogens with one attached hydrogen (secondary N) is 2. The van der Waals surface area contributed by atoms with Crippen LogP contribution in [0.2, 0.25) is 0 Å². The summed E-state index contributed by atoms with van der Waals surface area (Å²) in [5.74, 6) is -0.00847. The van der Waals surface area contributed by atoms with Gasteiger partial charge in [0, 0.05) is 38.9 Å². The molecular formula is C13H18N2O4. The van der Waals surface area contributed by atoms with Gasteiger partial charge < -0.3 is 20.1 Å². The van der Waals surface area contributed by atoms with Crippen LogP contribution in [0.25, 0.3) is 0 Å². The fraction of sp³-hybridized carbons (Fsp3) is 0.385. The van der Waals surface area contributed by atoms with Gasteiger partial charge in [-0.1, -0.05) is 6.07 Å². The van der Waals surface area contributed by atoms with E-state index in [1.165, 1.54) is 6.92 Å². The Bertz CT molecular complexity index is 434. The van der Waals surface area contributed by atoms with Crippen LogP contribution in [0.1, 0.15) is 13.3 Å². The van der Waals surface area contributed by atoms with Crippen molar-refractivity contribution in [1.82, 2.24) is 5.32 Å². The van der Waals surface area contributed by atoms with Gasteiger partial charge in [0.2, 0.25) is 0 Å². The van der Waals surface area contributed by atoms with E-state index in [1.807, 2.05) is 0 Å². The highest BCUT2D eigenvalue weighted by Crippen LogP contribution is 2.17. The Balaban J connectivity index is 2.43. The summed E-state index contributed by atoms with van der Waals surface area (Å²) >= 11 is 0. The molecule has 0 unspecified atom stereocenters. The molecule has 1 aromatic carbocycles. The van der Waals surface area contributed by atoms with Crippen molar-refractivity contribution < 1.29 is 19.1 Å². The fourth-order valence-corrected chi connectivity index (χ4v) is 1.40. The van der Waals surface area contributed by atoms with Crippen molar-refractivity contribution >= 4 is 17.7 Å². The van der Waals surface area contributed by atoms with E-state index < -0.39 is 5.97 Å². The second-order valence-corrected chi connectivity index (χ2v) is 3.85. The Morgan fingerprint density at radius 2 is 2.11 bits per heavy atom. The molecule has 2 amide bonds. The molecule has 0 radical (unpaired) electrons. The number of methoxy groups -OCH3 is 1. The van der Waals surface area contributed by atoms with Crippen molar-refractivity contribution in [3.63, 3.8) is 0 Å². The summed E-state index contributed by atoms with van der Waals surface area (Å²) in [6, 6.07) is 6.32. The standard InChI is InChI=1S/C13H18N2O4/c1-10(16)19-12-6-3-5-11(9-12)15-13(17)14-7-4-8-18-2/h3,5-6,9H,4,7-8H2,1-2H3,(H2,14,15,17). The van der Waals surface area contributed by atoms with Gasteiger partial charge in [-0.05, 0) is 18.6 Å². The number of ether oxygens (including phenoxy) is 2. The first-order valence-corrected chi connectivity index (χ1v) is 5.94. The smallest absolute Gasteiger partial charge is 0.319 e. The van der Waals surface area contributed by atoms with E-state index in [2.05, 4.69) is 10.6 Å². The number of hydrogen-bond acceptors (Lipinski definition) is 4. The number of carbonyl (C=O) groups is 2. The molecule has 0 saturated heterocycles. The summed E-state index contributed by atoms with van der Waals surface area (Å²) in [6.45, 7) is 2.45. The van der Waals surface area contributed by atoms with Gasteiger partial charge in [-0.15, -0.1) is 0 Å². The topological polar surface area (TPSA) is 76.7 Å². The van der Waals surface area contributed by atoms with Gasteiger partial charge in [-0.25, -0.2) is 4.79 Å². The number of benzene rings is 1. The van der Waals surface area contributed by atoms with Crippen LogP contribution in [-0.4, -0.2) is 32.3 Å². The van der Waals surface area contributed by atoms with E-state index in [1.54, 1.807) is 31.4 Å². The molecule has 0 atom stereocenters. The monoisotopic (exact) mass is 266 g/mol. The predicted octanol–water partition coefficient (Wildman–Crippen LogP) is 1.77. The molecule has 0 fully saturated rings. The zero-order chi connectivity index (χ0) is 14.1. The first-order valence-electron chi connectivity index (χ1n) is 5.94. The maximum Gasteiger partial charge on any atom is 0.319 e. The molecule has 0 aliphatic rings. The maximum atomic E-state index is 11.5. The Morgan fingerprint density at radius 3 is 2.79 bits per heavy atom. The number of rotatable bonds is 6. The van der Waals surface area contributed by atoms with E-state index in [0.29, 0.717) is 24.6 Å². The first-order chi connectivity index (χ1) is 9.11. The van der Waals surface area contributed by atoms with Crippen LogP contribution in [0.4, 0.5) is 10.5 Å². The number of amides is 2. The van der Waals surface area contributed by atoms with Gasteiger partial charge in [0.05, 0.1) is 0 Å². The molecule has 0 aliphatic carbocycles. The van der Waals surface area contributed by atoms with Crippen LogP contribution in [0.5, 0.6) is 5.75 Å². The van der Waals surface area contributed by atoms with Crippen LogP contribution < -0.4 is 15.4 Å². The summed E-state index contributed by atoms with van der Waals surface area (Å²) in [7, 11) is 1.61. The van der Waals surface area contributed by atoms with E-state index in [0.717, 1.165) is 6.42 Å². The number of hydrogen-bond donors (Lipinski definition) is 2. The van der Waals surface area contributed by atoms with Crippen LogP contribution >= 0.6 is 0 Å². The molecule has 0 aliphatic heterocycles.